The number of para-hydroxylation sites is 1. The predicted octanol–water partition coefficient (Wildman–Crippen LogP) is 2.44. The summed E-state index contributed by atoms with van der Waals surface area (Å²) in [6.07, 6.45) is 2.27. The molecular weight excluding hydrogens is 240 g/mol. The number of aryl methyl sites for hydroxylation is 1. The average Bonchev–Trinajstić information content (AvgIpc) is 3.17. The van der Waals surface area contributed by atoms with Gasteiger partial charge in [-0.1, -0.05) is 18.2 Å². The molecule has 1 heterocycles. The Balaban J connectivity index is 2.07. The zero-order valence-electron chi connectivity index (χ0n) is 11.2. The molecule has 2 aromatic rings. The van der Waals surface area contributed by atoms with E-state index in [0.29, 0.717) is 6.04 Å². The maximum atomic E-state index is 12.1. The zero-order chi connectivity index (χ0) is 13.4. The molecule has 1 saturated carbocycles. The molecule has 100 valence electrons. The number of hydrogen-bond donors (Lipinski definition) is 2. The molecular formula is C15H18N2O2. The molecule has 4 nitrogen and oxygen atoms in total. The first-order valence-electron chi connectivity index (χ1n) is 6.62. The highest BCUT2D eigenvalue weighted by Crippen LogP contribution is 2.31. The third kappa shape index (κ3) is 2.24. The van der Waals surface area contributed by atoms with Gasteiger partial charge in [-0.15, -0.1) is 0 Å². The van der Waals surface area contributed by atoms with Crippen molar-refractivity contribution in [3.63, 3.8) is 0 Å². The van der Waals surface area contributed by atoms with Gasteiger partial charge in [0.25, 0.3) is 0 Å². The van der Waals surface area contributed by atoms with Crippen molar-refractivity contribution < 1.29 is 9.53 Å². The third-order valence-electron chi connectivity index (χ3n) is 3.65. The first-order valence-corrected chi connectivity index (χ1v) is 6.62. The van der Waals surface area contributed by atoms with Crippen molar-refractivity contribution in [2.45, 2.75) is 31.8 Å². The second-order valence-corrected chi connectivity index (χ2v) is 5.11. The summed E-state index contributed by atoms with van der Waals surface area (Å²) in [7, 11) is 1.44. The van der Waals surface area contributed by atoms with Crippen LogP contribution in [0.3, 0.4) is 0 Å². The zero-order valence-corrected chi connectivity index (χ0v) is 11.2. The fourth-order valence-corrected chi connectivity index (χ4v) is 2.54. The van der Waals surface area contributed by atoms with Crippen LogP contribution in [0.4, 0.5) is 0 Å². The van der Waals surface area contributed by atoms with Gasteiger partial charge in [-0.2, -0.15) is 0 Å². The van der Waals surface area contributed by atoms with Gasteiger partial charge in [-0.05, 0) is 25.8 Å². The molecule has 1 fully saturated rings. The molecule has 0 bridgehead atoms. The van der Waals surface area contributed by atoms with E-state index in [1.807, 2.05) is 31.2 Å². The standard InChI is InChI=1S/C15H18N2O2/c1-9-13(11-5-3-4-6-12(11)16-9)14(15(18)19-2)17-10-7-8-10/h3-6,10,14,16-17H,7-8H2,1-2H3. The Morgan fingerprint density at radius 2 is 2.16 bits per heavy atom. The molecule has 1 atom stereocenters. The Morgan fingerprint density at radius 1 is 1.42 bits per heavy atom. The fourth-order valence-electron chi connectivity index (χ4n) is 2.54. The molecule has 0 spiro atoms. The Kier molecular flexibility index (Phi) is 3.03. The molecule has 1 aliphatic rings. The maximum absolute atomic E-state index is 12.1. The number of benzene rings is 1. The van der Waals surface area contributed by atoms with Crippen LogP contribution < -0.4 is 5.32 Å². The van der Waals surface area contributed by atoms with Crippen LogP contribution in [0.15, 0.2) is 24.3 Å². The molecule has 19 heavy (non-hydrogen) atoms. The van der Waals surface area contributed by atoms with E-state index in [-0.39, 0.29) is 12.0 Å². The summed E-state index contributed by atoms with van der Waals surface area (Å²) < 4.78 is 4.95. The molecule has 1 aromatic heterocycles. The predicted molar refractivity (Wildman–Crippen MR) is 74.0 cm³/mol. The number of aromatic amines is 1. The molecule has 2 N–H and O–H groups in total. The summed E-state index contributed by atoms with van der Waals surface area (Å²) in [4.78, 5) is 15.4. The van der Waals surface area contributed by atoms with Crippen molar-refractivity contribution in [1.29, 1.82) is 0 Å². The number of H-pyrrole nitrogens is 1. The van der Waals surface area contributed by atoms with Crippen molar-refractivity contribution >= 4 is 16.9 Å². The number of carbonyl (C=O) groups is 1. The van der Waals surface area contributed by atoms with Gasteiger partial charge in [-0.3, -0.25) is 5.32 Å². The van der Waals surface area contributed by atoms with E-state index in [0.717, 1.165) is 35.0 Å². The molecule has 3 rings (SSSR count). The number of nitrogens with one attached hydrogen (secondary N) is 2. The molecule has 0 aliphatic heterocycles. The van der Waals surface area contributed by atoms with Gasteiger partial charge in [0.05, 0.1) is 7.11 Å². The Bertz CT molecular complexity index is 614. The highest BCUT2D eigenvalue weighted by molar-refractivity contribution is 5.91. The topological polar surface area (TPSA) is 54.1 Å². The first kappa shape index (κ1) is 12.2. The smallest absolute Gasteiger partial charge is 0.327 e. The highest BCUT2D eigenvalue weighted by Gasteiger charge is 2.32. The summed E-state index contributed by atoms with van der Waals surface area (Å²) in [5.74, 6) is -0.222. The van der Waals surface area contributed by atoms with E-state index in [1.54, 1.807) is 0 Å². The average molecular weight is 258 g/mol. The molecule has 0 radical (unpaired) electrons. The monoisotopic (exact) mass is 258 g/mol. The van der Waals surface area contributed by atoms with Crippen LogP contribution in [-0.2, 0) is 9.53 Å². The van der Waals surface area contributed by atoms with Crippen LogP contribution in [0.2, 0.25) is 0 Å². The van der Waals surface area contributed by atoms with Crippen LogP contribution in [0, 0.1) is 6.92 Å². The minimum Gasteiger partial charge on any atom is -0.468 e. The van der Waals surface area contributed by atoms with Gasteiger partial charge < -0.3 is 9.72 Å². The van der Waals surface area contributed by atoms with E-state index in [9.17, 15) is 4.79 Å². The van der Waals surface area contributed by atoms with Crippen LogP contribution in [0.5, 0.6) is 0 Å². The van der Waals surface area contributed by atoms with Gasteiger partial charge in [0.2, 0.25) is 0 Å². The lowest BCUT2D eigenvalue weighted by Crippen LogP contribution is -2.31. The first-order chi connectivity index (χ1) is 9.20. The summed E-state index contributed by atoms with van der Waals surface area (Å²) in [5.41, 5.74) is 3.08. The number of fused-ring (bicyclic) bond motifs is 1. The van der Waals surface area contributed by atoms with Crippen molar-refractivity contribution in [3.8, 4) is 0 Å². The van der Waals surface area contributed by atoms with Crippen LogP contribution >= 0.6 is 0 Å². The van der Waals surface area contributed by atoms with Gasteiger partial charge in [0, 0.05) is 28.2 Å². The maximum Gasteiger partial charge on any atom is 0.327 e. The van der Waals surface area contributed by atoms with E-state index in [1.165, 1.54) is 7.11 Å². The molecule has 1 aliphatic carbocycles. The van der Waals surface area contributed by atoms with Crippen molar-refractivity contribution in [3.05, 3.63) is 35.5 Å². The lowest BCUT2D eigenvalue weighted by Gasteiger charge is -2.17. The fraction of sp³-hybridized carbons (Fsp3) is 0.400. The van der Waals surface area contributed by atoms with E-state index in [2.05, 4.69) is 10.3 Å². The number of methoxy groups -OCH3 is 1. The summed E-state index contributed by atoms with van der Waals surface area (Å²) in [5, 5.41) is 4.47. The van der Waals surface area contributed by atoms with Crippen LogP contribution in [0.25, 0.3) is 10.9 Å². The van der Waals surface area contributed by atoms with Crippen LogP contribution in [-0.4, -0.2) is 24.1 Å². The third-order valence-corrected chi connectivity index (χ3v) is 3.65. The Hall–Kier alpha value is -1.81. The van der Waals surface area contributed by atoms with Gasteiger partial charge >= 0.3 is 5.97 Å². The lowest BCUT2D eigenvalue weighted by atomic mass is 10.0. The molecule has 0 saturated heterocycles. The highest BCUT2D eigenvalue weighted by atomic mass is 16.5. The molecule has 1 aromatic carbocycles. The number of aromatic nitrogens is 1. The molecule has 1 unspecified atom stereocenters. The summed E-state index contributed by atoms with van der Waals surface area (Å²) in [6.45, 7) is 2.00. The summed E-state index contributed by atoms with van der Waals surface area (Å²) in [6, 6.07) is 8.11. The largest absolute Gasteiger partial charge is 0.468 e. The van der Waals surface area contributed by atoms with E-state index >= 15 is 0 Å². The normalized spacial score (nSPS) is 16.5. The number of hydrogen-bond acceptors (Lipinski definition) is 3. The van der Waals surface area contributed by atoms with Crippen molar-refractivity contribution in [1.82, 2.24) is 10.3 Å². The second kappa shape index (κ2) is 4.70. The van der Waals surface area contributed by atoms with Crippen molar-refractivity contribution in [2.24, 2.45) is 0 Å². The van der Waals surface area contributed by atoms with Gasteiger partial charge in [0.1, 0.15) is 6.04 Å². The number of esters is 1. The number of carbonyl (C=O) groups excluding carboxylic acids is 1. The van der Waals surface area contributed by atoms with Gasteiger partial charge in [-0.25, -0.2) is 4.79 Å². The number of rotatable bonds is 4. The van der Waals surface area contributed by atoms with E-state index in [4.69, 9.17) is 4.74 Å². The quantitative estimate of drug-likeness (QED) is 0.828. The minimum atomic E-state index is -0.381. The van der Waals surface area contributed by atoms with Gasteiger partial charge in [0.15, 0.2) is 0 Å². The minimum absolute atomic E-state index is 0.222. The SMILES string of the molecule is COC(=O)C(NC1CC1)c1c(C)[nH]c2ccccc12. The second-order valence-electron chi connectivity index (χ2n) is 5.11. The number of ether oxygens (including phenoxy) is 1. The van der Waals surface area contributed by atoms with Crippen LogP contribution in [0.1, 0.15) is 30.1 Å². The van der Waals surface area contributed by atoms with E-state index < -0.39 is 0 Å². The Morgan fingerprint density at radius 3 is 2.84 bits per heavy atom. The summed E-state index contributed by atoms with van der Waals surface area (Å²) >= 11 is 0. The van der Waals surface area contributed by atoms with Crippen molar-refractivity contribution in [2.75, 3.05) is 7.11 Å². The lowest BCUT2D eigenvalue weighted by molar-refractivity contribution is -0.143. The molecule has 0 amide bonds. The molecule has 4 heteroatoms. The Labute approximate surface area is 112 Å².